The summed E-state index contributed by atoms with van der Waals surface area (Å²) in [6, 6.07) is 11.2. The Kier molecular flexibility index (Phi) is 6.29. The highest BCUT2D eigenvalue weighted by atomic mass is 16.5. The first-order valence-corrected chi connectivity index (χ1v) is 10.3. The molecule has 2 atom stereocenters. The zero-order valence-corrected chi connectivity index (χ0v) is 17.0. The fourth-order valence-electron chi connectivity index (χ4n) is 3.73. The monoisotopic (exact) mass is 423 g/mol. The number of fused-ring (bicyclic) bond motifs is 1. The Balaban J connectivity index is 1.30. The van der Waals surface area contributed by atoms with Crippen LogP contribution in [0.3, 0.4) is 0 Å². The third-order valence-corrected chi connectivity index (χ3v) is 5.57. The number of hydrogen-bond donors (Lipinski definition) is 3. The topological polar surface area (TPSA) is 111 Å². The normalized spacial score (nSPS) is 18.9. The van der Waals surface area contributed by atoms with Crippen molar-refractivity contribution in [1.29, 1.82) is 0 Å². The highest BCUT2D eigenvalue weighted by Crippen LogP contribution is 2.22. The maximum absolute atomic E-state index is 12.5. The first-order chi connectivity index (χ1) is 15.0. The molecule has 2 aliphatic rings. The van der Waals surface area contributed by atoms with Crippen LogP contribution in [0, 0.1) is 0 Å². The van der Waals surface area contributed by atoms with E-state index in [0.29, 0.717) is 43.9 Å². The van der Waals surface area contributed by atoms with E-state index in [2.05, 4.69) is 10.3 Å². The lowest BCUT2D eigenvalue weighted by molar-refractivity contribution is 0.0303. The second-order valence-corrected chi connectivity index (χ2v) is 7.69. The molecule has 1 unspecified atom stereocenters. The predicted octanol–water partition coefficient (Wildman–Crippen LogP) is 0.999. The predicted molar refractivity (Wildman–Crippen MR) is 115 cm³/mol. The van der Waals surface area contributed by atoms with Gasteiger partial charge in [-0.25, -0.2) is 0 Å². The minimum absolute atomic E-state index is 0.0583. The summed E-state index contributed by atoms with van der Waals surface area (Å²) in [5, 5.41) is 22.7. The lowest BCUT2D eigenvalue weighted by Crippen LogP contribution is -2.41. The third kappa shape index (κ3) is 4.92. The molecule has 0 aliphatic carbocycles. The molecule has 2 aromatic rings. The van der Waals surface area contributed by atoms with E-state index in [9.17, 15) is 19.8 Å². The lowest BCUT2D eigenvalue weighted by atomic mass is 9.95. The number of nitrogens with one attached hydrogen (secondary N) is 1. The van der Waals surface area contributed by atoms with Crippen LogP contribution in [0.5, 0.6) is 5.75 Å². The summed E-state index contributed by atoms with van der Waals surface area (Å²) in [4.78, 5) is 31.0. The largest absolute Gasteiger partial charge is 0.508 e. The average Bonchev–Trinajstić information content (AvgIpc) is 2.82. The molecule has 0 saturated carbocycles. The van der Waals surface area contributed by atoms with Gasteiger partial charge in [-0.05, 0) is 53.9 Å². The summed E-state index contributed by atoms with van der Waals surface area (Å²) in [5.41, 5.74) is 2.77. The van der Waals surface area contributed by atoms with E-state index in [1.54, 1.807) is 47.5 Å². The molecule has 2 aliphatic heterocycles. The van der Waals surface area contributed by atoms with Crippen LogP contribution in [0.15, 0.2) is 47.5 Å². The number of carbonyl (C=O) groups is 2. The maximum atomic E-state index is 12.5. The molecule has 0 spiro atoms. The Morgan fingerprint density at radius 2 is 1.84 bits per heavy atom. The molecule has 0 aromatic heterocycles. The first-order valence-electron chi connectivity index (χ1n) is 10.3. The summed E-state index contributed by atoms with van der Waals surface area (Å²) in [6.07, 6.45) is 1.32. The number of hydrogen-bond acceptors (Lipinski definition) is 6. The Morgan fingerprint density at radius 1 is 1.13 bits per heavy atom. The zero-order chi connectivity index (χ0) is 21.8. The van der Waals surface area contributed by atoms with Crippen molar-refractivity contribution in [2.45, 2.75) is 18.6 Å². The molecule has 2 heterocycles. The number of aliphatic hydroxyl groups is 1. The van der Waals surface area contributed by atoms with Crippen molar-refractivity contribution in [2.24, 2.45) is 4.99 Å². The van der Waals surface area contributed by atoms with Crippen LogP contribution < -0.4 is 5.32 Å². The molecule has 3 N–H and O–H groups in total. The molecule has 0 radical (unpaired) electrons. The number of carbonyl (C=O) groups excluding carboxylic acids is 2. The first kappa shape index (κ1) is 21.0. The van der Waals surface area contributed by atoms with Crippen molar-refractivity contribution in [3.63, 3.8) is 0 Å². The molecule has 162 valence electrons. The summed E-state index contributed by atoms with van der Waals surface area (Å²) in [6.45, 7) is 2.26. The van der Waals surface area contributed by atoms with Crippen LogP contribution in [0.2, 0.25) is 0 Å². The molecule has 8 heteroatoms. The van der Waals surface area contributed by atoms with Crippen LogP contribution in [0.4, 0.5) is 0 Å². The van der Waals surface area contributed by atoms with E-state index in [1.165, 1.54) is 0 Å². The van der Waals surface area contributed by atoms with Gasteiger partial charge in [0.25, 0.3) is 11.8 Å². The lowest BCUT2D eigenvalue weighted by Gasteiger charge is -2.26. The number of aliphatic imine (C=N–C) groups is 1. The van der Waals surface area contributed by atoms with E-state index in [4.69, 9.17) is 4.74 Å². The van der Waals surface area contributed by atoms with Gasteiger partial charge in [-0.2, -0.15) is 0 Å². The molecule has 1 saturated heterocycles. The second-order valence-electron chi connectivity index (χ2n) is 7.69. The Morgan fingerprint density at radius 3 is 2.58 bits per heavy atom. The third-order valence-electron chi connectivity index (χ3n) is 5.57. The number of amides is 2. The van der Waals surface area contributed by atoms with Crippen molar-refractivity contribution >= 4 is 18.0 Å². The number of aromatic hydroxyl groups is 1. The van der Waals surface area contributed by atoms with Crippen LogP contribution in [0.25, 0.3) is 0 Å². The molecule has 4 rings (SSSR count). The molecule has 2 amide bonds. The summed E-state index contributed by atoms with van der Waals surface area (Å²) in [5.74, 6) is -0.224. The second kappa shape index (κ2) is 9.28. The van der Waals surface area contributed by atoms with Crippen molar-refractivity contribution in [3.8, 4) is 5.75 Å². The van der Waals surface area contributed by atoms with Gasteiger partial charge in [0.15, 0.2) is 0 Å². The molecule has 8 nitrogen and oxygen atoms in total. The van der Waals surface area contributed by atoms with Gasteiger partial charge < -0.3 is 25.2 Å². The smallest absolute Gasteiger partial charge is 0.254 e. The Hall–Kier alpha value is -3.23. The number of morpholine rings is 1. The van der Waals surface area contributed by atoms with Gasteiger partial charge in [0.1, 0.15) is 5.75 Å². The van der Waals surface area contributed by atoms with E-state index >= 15 is 0 Å². The van der Waals surface area contributed by atoms with Crippen LogP contribution >= 0.6 is 0 Å². The fourth-order valence-corrected chi connectivity index (χ4v) is 3.73. The fraction of sp³-hybridized carbons (Fsp3) is 0.348. The number of aliphatic hydroxyl groups excluding tert-OH is 1. The summed E-state index contributed by atoms with van der Waals surface area (Å²) in [7, 11) is 0. The number of phenols is 1. The summed E-state index contributed by atoms with van der Waals surface area (Å²) >= 11 is 0. The van der Waals surface area contributed by atoms with Gasteiger partial charge in [0, 0.05) is 37.0 Å². The van der Waals surface area contributed by atoms with Gasteiger partial charge in [-0.1, -0.05) is 6.07 Å². The van der Waals surface area contributed by atoms with Crippen LogP contribution in [0.1, 0.15) is 31.8 Å². The van der Waals surface area contributed by atoms with E-state index in [0.717, 1.165) is 11.1 Å². The van der Waals surface area contributed by atoms with E-state index in [-0.39, 0.29) is 30.2 Å². The molecule has 1 fully saturated rings. The Labute approximate surface area is 180 Å². The number of nitrogens with zero attached hydrogens (tertiary/aromatic N) is 2. The van der Waals surface area contributed by atoms with E-state index in [1.807, 2.05) is 6.07 Å². The van der Waals surface area contributed by atoms with Gasteiger partial charge in [-0.3, -0.25) is 14.6 Å². The number of benzene rings is 2. The molecular formula is C23H25N3O5. The quantitative estimate of drug-likeness (QED) is 0.664. The highest BCUT2D eigenvalue weighted by molar-refractivity contribution is 5.97. The van der Waals surface area contributed by atoms with Gasteiger partial charge in [0.05, 0.1) is 25.4 Å². The van der Waals surface area contributed by atoms with Crippen molar-refractivity contribution in [2.75, 3.05) is 32.8 Å². The van der Waals surface area contributed by atoms with Crippen LogP contribution in [-0.2, 0) is 11.2 Å². The van der Waals surface area contributed by atoms with Gasteiger partial charge >= 0.3 is 0 Å². The van der Waals surface area contributed by atoms with Crippen LogP contribution in [-0.4, -0.2) is 78.1 Å². The van der Waals surface area contributed by atoms with Crippen molar-refractivity contribution in [3.05, 3.63) is 64.7 Å². The SMILES string of the molecule is O=C(NC[C@@H](O)C1Cc2ccc(O)cc2C=N1)c1ccc(C(=O)N2CCOCC2)cc1. The molecule has 0 bridgehead atoms. The highest BCUT2D eigenvalue weighted by Gasteiger charge is 2.24. The minimum atomic E-state index is -0.843. The number of rotatable bonds is 5. The van der Waals surface area contributed by atoms with Gasteiger partial charge in [0.2, 0.25) is 0 Å². The van der Waals surface area contributed by atoms with Gasteiger partial charge in [-0.15, -0.1) is 0 Å². The van der Waals surface area contributed by atoms with Crippen molar-refractivity contribution in [1.82, 2.24) is 10.2 Å². The molecule has 31 heavy (non-hydrogen) atoms. The number of ether oxygens (including phenoxy) is 1. The maximum Gasteiger partial charge on any atom is 0.254 e. The minimum Gasteiger partial charge on any atom is -0.508 e. The zero-order valence-electron chi connectivity index (χ0n) is 17.0. The number of phenolic OH excluding ortho intramolecular Hbond substituents is 1. The standard InChI is InChI=1S/C23H25N3O5/c27-19-6-5-17-12-20(24-13-18(17)11-19)21(28)14-25-22(29)15-1-3-16(4-2-15)23(30)26-7-9-31-10-8-26/h1-6,11,13,20-21,27-28H,7-10,12,14H2,(H,25,29)/t20?,21-/m1/s1. The molecular weight excluding hydrogens is 398 g/mol. The van der Waals surface area contributed by atoms with E-state index < -0.39 is 6.10 Å². The molecule has 2 aromatic carbocycles. The van der Waals surface area contributed by atoms with Crippen molar-refractivity contribution < 1.29 is 24.5 Å². The average molecular weight is 423 g/mol. The Bertz CT molecular complexity index is 983. The summed E-state index contributed by atoms with van der Waals surface area (Å²) < 4.78 is 5.26.